The van der Waals surface area contributed by atoms with Crippen molar-refractivity contribution in [2.75, 3.05) is 5.32 Å². The number of rotatable bonds is 3. The van der Waals surface area contributed by atoms with Gasteiger partial charge in [0.2, 0.25) is 5.91 Å². The summed E-state index contributed by atoms with van der Waals surface area (Å²) in [6.45, 7) is 1.98. The summed E-state index contributed by atoms with van der Waals surface area (Å²) in [6.07, 6.45) is 0.969. The molecule has 21 heavy (non-hydrogen) atoms. The lowest BCUT2D eigenvalue weighted by atomic mass is 9.90. The monoisotopic (exact) mass is 284 g/mol. The van der Waals surface area contributed by atoms with Crippen molar-refractivity contribution in [3.63, 3.8) is 0 Å². The molecular formula is C17H17FN2O. The Morgan fingerprint density at radius 1 is 1.29 bits per heavy atom. The number of primary amides is 1. The normalized spacial score (nSPS) is 20.1. The molecule has 0 heterocycles. The fourth-order valence-electron chi connectivity index (χ4n) is 3.08. The molecule has 3 N–H and O–H groups in total. The van der Waals surface area contributed by atoms with E-state index in [9.17, 15) is 9.18 Å². The van der Waals surface area contributed by atoms with Gasteiger partial charge in [-0.25, -0.2) is 4.39 Å². The minimum absolute atomic E-state index is 0.276. The van der Waals surface area contributed by atoms with Crippen LogP contribution in [0.2, 0.25) is 0 Å². The highest BCUT2D eigenvalue weighted by Gasteiger charge is 2.45. The first kappa shape index (κ1) is 13.6. The second-order valence-electron chi connectivity index (χ2n) is 5.53. The van der Waals surface area contributed by atoms with E-state index in [0.717, 1.165) is 11.3 Å². The number of hydrogen-bond acceptors (Lipinski definition) is 2. The lowest BCUT2D eigenvalue weighted by Crippen LogP contribution is -2.46. The largest absolute Gasteiger partial charge is 0.368 e. The van der Waals surface area contributed by atoms with Crippen LogP contribution in [0.4, 0.5) is 10.1 Å². The van der Waals surface area contributed by atoms with Gasteiger partial charge in [-0.1, -0.05) is 24.3 Å². The van der Waals surface area contributed by atoms with E-state index >= 15 is 0 Å². The van der Waals surface area contributed by atoms with Crippen molar-refractivity contribution >= 4 is 11.6 Å². The van der Waals surface area contributed by atoms with Gasteiger partial charge in [0.1, 0.15) is 11.4 Å². The van der Waals surface area contributed by atoms with Gasteiger partial charge in [0.15, 0.2) is 0 Å². The van der Waals surface area contributed by atoms with Gasteiger partial charge in [-0.2, -0.15) is 0 Å². The van der Waals surface area contributed by atoms with Crippen molar-refractivity contribution in [1.29, 1.82) is 0 Å². The number of carbonyl (C=O) groups is 1. The van der Waals surface area contributed by atoms with Crippen LogP contribution in [0.25, 0.3) is 0 Å². The third kappa shape index (κ3) is 2.17. The Morgan fingerprint density at radius 2 is 2.05 bits per heavy atom. The summed E-state index contributed by atoms with van der Waals surface area (Å²) in [6, 6.07) is 12.5. The zero-order chi connectivity index (χ0) is 15.0. The average molecular weight is 284 g/mol. The van der Waals surface area contributed by atoms with Gasteiger partial charge in [-0.3, -0.25) is 4.79 Å². The Kier molecular flexibility index (Phi) is 3.16. The summed E-state index contributed by atoms with van der Waals surface area (Å²) in [4.78, 5) is 12.1. The molecule has 0 spiro atoms. The van der Waals surface area contributed by atoms with E-state index in [4.69, 9.17) is 5.73 Å². The topological polar surface area (TPSA) is 55.1 Å². The molecule has 1 unspecified atom stereocenters. The van der Waals surface area contributed by atoms with Gasteiger partial charge in [0.25, 0.3) is 0 Å². The third-order valence-corrected chi connectivity index (χ3v) is 4.13. The molecule has 2 aromatic carbocycles. The summed E-state index contributed by atoms with van der Waals surface area (Å²) in [5, 5.41) is 3.24. The molecule has 0 radical (unpaired) electrons. The number of fused-ring (bicyclic) bond motifs is 1. The molecule has 2 aromatic rings. The maximum Gasteiger partial charge on any atom is 0.247 e. The standard InChI is InChI=1S/C17H17FN2O/c1-11-4-2-5-12(10-11)20-17(16(19)21)9-8-13-14(17)6-3-7-15(13)18/h2-7,10,20H,8-9H2,1H3,(H2,19,21). The van der Waals surface area contributed by atoms with Crippen LogP contribution in [0.1, 0.15) is 23.1 Å². The van der Waals surface area contributed by atoms with E-state index in [-0.39, 0.29) is 5.82 Å². The van der Waals surface area contributed by atoms with Crippen molar-refractivity contribution < 1.29 is 9.18 Å². The Hall–Kier alpha value is -2.36. The molecule has 1 amide bonds. The average Bonchev–Trinajstić information content (AvgIpc) is 2.81. The fourth-order valence-corrected chi connectivity index (χ4v) is 3.08. The van der Waals surface area contributed by atoms with Gasteiger partial charge in [-0.15, -0.1) is 0 Å². The number of aryl methyl sites for hydroxylation is 1. The number of hydrogen-bond donors (Lipinski definition) is 2. The summed E-state index contributed by atoms with van der Waals surface area (Å²) in [5.41, 5.74) is 7.74. The number of amides is 1. The van der Waals surface area contributed by atoms with Crippen LogP contribution >= 0.6 is 0 Å². The highest BCUT2D eigenvalue weighted by molar-refractivity contribution is 5.91. The SMILES string of the molecule is Cc1cccc(NC2(C(N)=O)CCc3c(F)cccc32)c1. The molecule has 1 aliphatic rings. The van der Waals surface area contributed by atoms with Crippen LogP contribution in [0.15, 0.2) is 42.5 Å². The Morgan fingerprint density at radius 3 is 2.76 bits per heavy atom. The van der Waals surface area contributed by atoms with E-state index in [1.54, 1.807) is 12.1 Å². The summed E-state index contributed by atoms with van der Waals surface area (Å²) < 4.78 is 13.9. The number of carbonyl (C=O) groups excluding carboxylic acids is 1. The van der Waals surface area contributed by atoms with E-state index in [1.807, 2.05) is 31.2 Å². The summed E-state index contributed by atoms with van der Waals surface area (Å²) in [5.74, 6) is -0.755. The second kappa shape index (κ2) is 4.88. The fraction of sp³-hybridized carbons (Fsp3) is 0.235. The highest BCUT2D eigenvalue weighted by Crippen LogP contribution is 2.40. The molecule has 108 valence electrons. The molecular weight excluding hydrogens is 267 g/mol. The third-order valence-electron chi connectivity index (χ3n) is 4.13. The van der Waals surface area contributed by atoms with Crippen molar-refractivity contribution in [1.82, 2.24) is 0 Å². The predicted octanol–water partition coefficient (Wildman–Crippen LogP) is 2.87. The van der Waals surface area contributed by atoms with Gasteiger partial charge in [0, 0.05) is 5.69 Å². The van der Waals surface area contributed by atoms with Crippen LogP contribution in [-0.2, 0) is 16.8 Å². The lowest BCUT2D eigenvalue weighted by molar-refractivity contribution is -0.122. The molecule has 0 bridgehead atoms. The molecule has 0 saturated carbocycles. The zero-order valence-electron chi connectivity index (χ0n) is 11.8. The molecule has 0 aromatic heterocycles. The molecule has 0 fully saturated rings. The summed E-state index contributed by atoms with van der Waals surface area (Å²) in [7, 11) is 0. The quantitative estimate of drug-likeness (QED) is 0.910. The lowest BCUT2D eigenvalue weighted by Gasteiger charge is -2.29. The number of nitrogens with one attached hydrogen (secondary N) is 1. The molecule has 3 nitrogen and oxygen atoms in total. The first-order chi connectivity index (χ1) is 10.0. The predicted molar refractivity (Wildman–Crippen MR) is 80.4 cm³/mol. The second-order valence-corrected chi connectivity index (χ2v) is 5.53. The molecule has 0 saturated heterocycles. The van der Waals surface area contributed by atoms with Gasteiger partial charge in [-0.05, 0) is 54.7 Å². The van der Waals surface area contributed by atoms with E-state index in [0.29, 0.717) is 24.0 Å². The molecule has 1 aliphatic carbocycles. The maximum atomic E-state index is 13.9. The van der Waals surface area contributed by atoms with E-state index in [2.05, 4.69) is 5.32 Å². The van der Waals surface area contributed by atoms with Crippen molar-refractivity contribution in [2.45, 2.75) is 25.3 Å². The van der Waals surface area contributed by atoms with Crippen LogP contribution < -0.4 is 11.1 Å². The van der Waals surface area contributed by atoms with Gasteiger partial charge < -0.3 is 11.1 Å². The number of halogens is 1. The number of nitrogens with two attached hydrogens (primary N) is 1. The Balaban J connectivity index is 2.08. The molecule has 1 atom stereocenters. The minimum Gasteiger partial charge on any atom is -0.368 e. The maximum absolute atomic E-state index is 13.9. The van der Waals surface area contributed by atoms with Gasteiger partial charge >= 0.3 is 0 Å². The van der Waals surface area contributed by atoms with Crippen LogP contribution in [0.5, 0.6) is 0 Å². The van der Waals surface area contributed by atoms with Crippen molar-refractivity contribution in [3.05, 3.63) is 65.0 Å². The molecule has 3 rings (SSSR count). The first-order valence-corrected chi connectivity index (χ1v) is 6.95. The number of benzene rings is 2. The Bertz CT molecular complexity index is 714. The molecule has 4 heteroatoms. The summed E-state index contributed by atoms with van der Waals surface area (Å²) >= 11 is 0. The van der Waals surface area contributed by atoms with Gasteiger partial charge in [0.05, 0.1) is 0 Å². The van der Waals surface area contributed by atoms with Crippen LogP contribution in [-0.4, -0.2) is 5.91 Å². The first-order valence-electron chi connectivity index (χ1n) is 6.95. The zero-order valence-corrected chi connectivity index (χ0v) is 11.8. The van der Waals surface area contributed by atoms with E-state index in [1.165, 1.54) is 6.07 Å². The Labute approximate surface area is 123 Å². The van der Waals surface area contributed by atoms with Crippen molar-refractivity contribution in [3.8, 4) is 0 Å². The highest BCUT2D eigenvalue weighted by atomic mass is 19.1. The van der Waals surface area contributed by atoms with E-state index < -0.39 is 11.4 Å². The minimum atomic E-state index is -1.04. The number of anilines is 1. The molecule has 0 aliphatic heterocycles. The smallest absolute Gasteiger partial charge is 0.247 e. The van der Waals surface area contributed by atoms with Crippen LogP contribution in [0, 0.1) is 12.7 Å². The van der Waals surface area contributed by atoms with Crippen LogP contribution in [0.3, 0.4) is 0 Å². The van der Waals surface area contributed by atoms with Crippen molar-refractivity contribution in [2.24, 2.45) is 5.73 Å².